The molecule has 0 radical (unpaired) electrons. The van der Waals surface area contributed by atoms with E-state index in [1.54, 1.807) is 13.8 Å². The second kappa shape index (κ2) is 10.8. The van der Waals surface area contributed by atoms with E-state index in [9.17, 15) is 9.90 Å². The molecule has 2 amide bonds. The summed E-state index contributed by atoms with van der Waals surface area (Å²) in [6.45, 7) is 12.4. The van der Waals surface area contributed by atoms with E-state index >= 15 is 0 Å². The predicted octanol–water partition coefficient (Wildman–Crippen LogP) is 3.74. The van der Waals surface area contributed by atoms with Gasteiger partial charge in [0, 0.05) is 50.0 Å². The lowest BCUT2D eigenvalue weighted by molar-refractivity contribution is 0.0944. The van der Waals surface area contributed by atoms with Gasteiger partial charge in [0.05, 0.1) is 24.5 Å². The molecule has 0 spiro atoms. The Morgan fingerprint density at radius 2 is 1.97 bits per heavy atom. The molecule has 0 unspecified atom stereocenters. The van der Waals surface area contributed by atoms with E-state index in [4.69, 9.17) is 14.7 Å². The highest BCUT2D eigenvalue weighted by Gasteiger charge is 2.25. The number of morpholine rings is 1. The van der Waals surface area contributed by atoms with Crippen molar-refractivity contribution < 1.29 is 14.6 Å². The van der Waals surface area contributed by atoms with Crippen LogP contribution in [0.1, 0.15) is 39.2 Å². The molecule has 0 saturated carbocycles. The number of aliphatic hydroxyl groups is 1. The average Bonchev–Trinajstić information content (AvgIpc) is 3.33. The largest absolute Gasteiger partial charge is 0.389 e. The highest BCUT2D eigenvalue weighted by molar-refractivity contribution is 5.90. The number of ether oxygens (including phenoxy) is 1. The number of carbonyl (C=O) groups excluding carboxylic acids is 1. The minimum Gasteiger partial charge on any atom is -0.389 e. The average molecular weight is 483 g/mol. The third-order valence-corrected chi connectivity index (χ3v) is 6.63. The van der Waals surface area contributed by atoms with Gasteiger partial charge in [-0.25, -0.2) is 9.78 Å². The molecular formula is C26H38N6O3. The van der Waals surface area contributed by atoms with Crippen LogP contribution in [0.5, 0.6) is 0 Å². The van der Waals surface area contributed by atoms with Gasteiger partial charge in [-0.3, -0.25) is 0 Å². The first-order chi connectivity index (χ1) is 16.7. The first-order valence-corrected chi connectivity index (χ1v) is 12.6. The van der Waals surface area contributed by atoms with E-state index in [-0.39, 0.29) is 6.03 Å². The van der Waals surface area contributed by atoms with E-state index in [1.165, 1.54) is 0 Å². The fourth-order valence-corrected chi connectivity index (χ4v) is 4.40. The van der Waals surface area contributed by atoms with Crippen LogP contribution in [0.2, 0.25) is 0 Å². The summed E-state index contributed by atoms with van der Waals surface area (Å²) in [4.78, 5) is 26.4. The Morgan fingerprint density at radius 3 is 2.66 bits per heavy atom. The molecule has 2 fully saturated rings. The molecule has 1 aromatic heterocycles. The van der Waals surface area contributed by atoms with Crippen LogP contribution in [0.15, 0.2) is 24.3 Å². The SMILES string of the molecule is CC[C@@H]1CCN(C(=O)Nc2ccc(C)c(-c3cc(NCC(C)(C)O)nc(N4CCOCC4)n3)c2)C1. The lowest BCUT2D eigenvalue weighted by atomic mass is 10.0. The number of urea groups is 1. The zero-order valence-electron chi connectivity index (χ0n) is 21.3. The molecule has 9 heteroatoms. The molecule has 2 aliphatic heterocycles. The molecule has 2 saturated heterocycles. The number of nitrogens with zero attached hydrogens (tertiary/aromatic N) is 4. The van der Waals surface area contributed by atoms with Gasteiger partial charge in [0.25, 0.3) is 0 Å². The van der Waals surface area contributed by atoms with Crippen LogP contribution < -0.4 is 15.5 Å². The quantitative estimate of drug-likeness (QED) is 0.552. The van der Waals surface area contributed by atoms with Crippen molar-refractivity contribution in [1.82, 2.24) is 14.9 Å². The van der Waals surface area contributed by atoms with Crippen molar-refractivity contribution in [3.05, 3.63) is 29.8 Å². The highest BCUT2D eigenvalue weighted by Crippen LogP contribution is 2.29. The summed E-state index contributed by atoms with van der Waals surface area (Å²) in [6.07, 6.45) is 2.16. The number of carbonyl (C=O) groups is 1. The molecular weight excluding hydrogens is 444 g/mol. The summed E-state index contributed by atoms with van der Waals surface area (Å²) in [5.74, 6) is 1.86. The predicted molar refractivity (Wildman–Crippen MR) is 139 cm³/mol. The topological polar surface area (TPSA) is 103 Å². The van der Waals surface area contributed by atoms with E-state index in [1.807, 2.05) is 36.1 Å². The van der Waals surface area contributed by atoms with E-state index in [0.717, 1.165) is 61.5 Å². The smallest absolute Gasteiger partial charge is 0.321 e. The standard InChI is InChI=1S/C26H38N6O3/c1-5-19-8-9-32(16-19)25(33)28-20-7-6-18(2)21(14-20)22-15-23(27-17-26(3,4)34)30-24(29-22)31-10-12-35-13-11-31/h6-7,14-15,19,34H,5,8-13,16-17H2,1-4H3,(H,28,33)(H,27,29,30)/t19-/m1/s1. The Morgan fingerprint density at radius 1 is 1.20 bits per heavy atom. The van der Waals surface area contributed by atoms with Crippen LogP contribution in [0.4, 0.5) is 22.2 Å². The molecule has 4 rings (SSSR count). The van der Waals surface area contributed by atoms with Gasteiger partial charge in [-0.1, -0.05) is 19.4 Å². The third-order valence-electron chi connectivity index (χ3n) is 6.63. The maximum atomic E-state index is 12.8. The minimum atomic E-state index is -0.878. The van der Waals surface area contributed by atoms with Crippen LogP contribution in [0.25, 0.3) is 11.3 Å². The Hall–Kier alpha value is -2.91. The van der Waals surface area contributed by atoms with Crippen LogP contribution >= 0.6 is 0 Å². The van der Waals surface area contributed by atoms with Gasteiger partial charge in [0.2, 0.25) is 5.95 Å². The molecule has 1 aromatic carbocycles. The Balaban J connectivity index is 1.61. The third kappa shape index (κ3) is 6.61. The van der Waals surface area contributed by atoms with Crippen molar-refractivity contribution in [2.45, 2.75) is 46.1 Å². The molecule has 2 aromatic rings. The van der Waals surface area contributed by atoms with E-state index in [2.05, 4.69) is 22.5 Å². The highest BCUT2D eigenvalue weighted by atomic mass is 16.5. The number of aromatic nitrogens is 2. The number of likely N-dealkylation sites (tertiary alicyclic amines) is 1. The van der Waals surface area contributed by atoms with Gasteiger partial charge in [-0.2, -0.15) is 4.98 Å². The summed E-state index contributed by atoms with van der Waals surface area (Å²) in [5, 5.41) is 16.5. The molecule has 35 heavy (non-hydrogen) atoms. The van der Waals surface area contributed by atoms with Crippen LogP contribution in [-0.4, -0.2) is 77.5 Å². The molecule has 190 valence electrons. The maximum Gasteiger partial charge on any atom is 0.321 e. The van der Waals surface area contributed by atoms with E-state index < -0.39 is 5.60 Å². The first kappa shape index (κ1) is 25.2. The Kier molecular flexibility index (Phi) is 7.76. The van der Waals surface area contributed by atoms with Crippen molar-refractivity contribution in [2.75, 3.05) is 61.5 Å². The van der Waals surface area contributed by atoms with Gasteiger partial charge < -0.3 is 30.3 Å². The maximum absolute atomic E-state index is 12.8. The first-order valence-electron chi connectivity index (χ1n) is 12.6. The molecule has 0 aliphatic carbocycles. The van der Waals surface area contributed by atoms with E-state index in [0.29, 0.717) is 37.4 Å². The zero-order valence-corrected chi connectivity index (χ0v) is 21.3. The molecule has 9 nitrogen and oxygen atoms in total. The molecule has 2 aliphatic rings. The number of rotatable bonds is 7. The minimum absolute atomic E-state index is 0.0556. The Bertz CT molecular complexity index is 1030. The lowest BCUT2D eigenvalue weighted by Gasteiger charge is -2.28. The number of nitrogens with one attached hydrogen (secondary N) is 2. The summed E-state index contributed by atoms with van der Waals surface area (Å²) in [5.41, 5.74) is 2.61. The van der Waals surface area contributed by atoms with Crippen molar-refractivity contribution in [3.63, 3.8) is 0 Å². The normalized spacial score (nSPS) is 18.6. The molecule has 3 heterocycles. The number of benzene rings is 1. The number of aryl methyl sites for hydroxylation is 1. The molecule has 0 bridgehead atoms. The number of hydrogen-bond donors (Lipinski definition) is 3. The van der Waals surface area contributed by atoms with Gasteiger partial charge in [-0.05, 0) is 50.8 Å². The number of anilines is 3. The fraction of sp³-hybridized carbons (Fsp3) is 0.577. The van der Waals surface area contributed by atoms with Gasteiger partial charge in [0.1, 0.15) is 5.82 Å². The summed E-state index contributed by atoms with van der Waals surface area (Å²) < 4.78 is 5.50. The van der Waals surface area contributed by atoms with Crippen molar-refractivity contribution >= 4 is 23.5 Å². The van der Waals surface area contributed by atoms with Crippen molar-refractivity contribution in [1.29, 1.82) is 0 Å². The zero-order chi connectivity index (χ0) is 25.0. The van der Waals surface area contributed by atoms with Crippen LogP contribution in [0, 0.1) is 12.8 Å². The number of amides is 2. The fourth-order valence-electron chi connectivity index (χ4n) is 4.40. The van der Waals surface area contributed by atoms with Gasteiger partial charge in [0.15, 0.2) is 0 Å². The molecule has 1 atom stereocenters. The molecule has 3 N–H and O–H groups in total. The second-order valence-electron chi connectivity index (χ2n) is 10.2. The van der Waals surface area contributed by atoms with Gasteiger partial charge in [-0.15, -0.1) is 0 Å². The summed E-state index contributed by atoms with van der Waals surface area (Å²) in [6, 6.07) is 7.76. The van der Waals surface area contributed by atoms with Crippen LogP contribution in [-0.2, 0) is 4.74 Å². The van der Waals surface area contributed by atoms with Crippen LogP contribution in [0.3, 0.4) is 0 Å². The van der Waals surface area contributed by atoms with Crippen molar-refractivity contribution in [3.8, 4) is 11.3 Å². The monoisotopic (exact) mass is 482 g/mol. The summed E-state index contributed by atoms with van der Waals surface area (Å²) in [7, 11) is 0. The van der Waals surface area contributed by atoms with Gasteiger partial charge >= 0.3 is 6.03 Å². The number of hydrogen-bond acceptors (Lipinski definition) is 7. The van der Waals surface area contributed by atoms with Crippen molar-refractivity contribution in [2.24, 2.45) is 5.92 Å². The second-order valence-corrected chi connectivity index (χ2v) is 10.2. The Labute approximate surface area is 207 Å². The summed E-state index contributed by atoms with van der Waals surface area (Å²) >= 11 is 0. The lowest BCUT2D eigenvalue weighted by Crippen LogP contribution is -2.37.